The average molecular weight is 261 g/mol. The van der Waals surface area contributed by atoms with Crippen LogP contribution in [0.15, 0.2) is 36.0 Å². The van der Waals surface area contributed by atoms with Gasteiger partial charge in [0.1, 0.15) is 6.07 Å². The maximum absolute atomic E-state index is 11.3. The molecule has 0 aliphatic carbocycles. The first-order valence-corrected chi connectivity index (χ1v) is 5.37. The number of hydrogen-bond acceptors (Lipinski definition) is 6. The molecule has 0 aliphatic heterocycles. The Morgan fingerprint density at radius 2 is 2.16 bits per heavy atom. The second-order valence-electron chi connectivity index (χ2n) is 3.34. The van der Waals surface area contributed by atoms with Crippen molar-refractivity contribution in [2.45, 2.75) is 6.92 Å². The molecule has 1 aromatic rings. The summed E-state index contributed by atoms with van der Waals surface area (Å²) in [6.07, 6.45) is 1.19. The summed E-state index contributed by atoms with van der Waals surface area (Å²) < 4.78 is 4.67. The normalized spacial score (nSPS) is 10.4. The van der Waals surface area contributed by atoms with Crippen molar-refractivity contribution in [1.29, 1.82) is 5.26 Å². The topological polar surface area (TPSA) is 105 Å². The molecule has 0 aromatic heterocycles. The summed E-state index contributed by atoms with van der Waals surface area (Å²) in [6.45, 7) is 1.81. The van der Waals surface area contributed by atoms with Crippen molar-refractivity contribution in [3.05, 3.63) is 46.2 Å². The second kappa shape index (κ2) is 6.76. The quantitative estimate of drug-likeness (QED) is 0.285. The van der Waals surface area contributed by atoms with Gasteiger partial charge in [0.15, 0.2) is 5.57 Å². The van der Waals surface area contributed by atoms with Crippen LogP contribution in [0.4, 0.5) is 11.4 Å². The number of anilines is 1. The number of benzene rings is 1. The highest BCUT2D eigenvalue weighted by atomic mass is 16.6. The minimum atomic E-state index is -0.723. The first kappa shape index (κ1) is 14.2. The fourth-order valence-corrected chi connectivity index (χ4v) is 1.18. The summed E-state index contributed by atoms with van der Waals surface area (Å²) >= 11 is 0. The molecule has 1 N–H and O–H groups in total. The molecule has 0 fully saturated rings. The molecule has 98 valence electrons. The van der Waals surface area contributed by atoms with Crippen LogP contribution < -0.4 is 5.32 Å². The average Bonchev–Trinajstić information content (AvgIpc) is 2.40. The molecule has 7 heteroatoms. The third kappa shape index (κ3) is 4.12. The number of nitrogens with one attached hydrogen (secondary N) is 1. The Bertz CT molecular complexity index is 543. The zero-order chi connectivity index (χ0) is 14.3. The summed E-state index contributed by atoms with van der Waals surface area (Å²) in [5, 5.41) is 21.9. The van der Waals surface area contributed by atoms with E-state index in [0.29, 0.717) is 5.69 Å². The van der Waals surface area contributed by atoms with Crippen LogP contribution in [0.3, 0.4) is 0 Å². The highest BCUT2D eigenvalue weighted by Gasteiger charge is 2.09. The molecule has 0 saturated heterocycles. The van der Waals surface area contributed by atoms with Crippen molar-refractivity contribution in [3.63, 3.8) is 0 Å². The molecule has 0 radical (unpaired) electrons. The number of nitrogens with zero attached hydrogens (tertiary/aromatic N) is 2. The van der Waals surface area contributed by atoms with Crippen LogP contribution in [-0.2, 0) is 9.53 Å². The van der Waals surface area contributed by atoms with Gasteiger partial charge in [-0.15, -0.1) is 0 Å². The van der Waals surface area contributed by atoms with Gasteiger partial charge in [0.05, 0.1) is 11.5 Å². The Morgan fingerprint density at radius 1 is 1.53 bits per heavy atom. The molecule has 19 heavy (non-hydrogen) atoms. The Labute approximate surface area is 109 Å². The Kier molecular flexibility index (Phi) is 5.04. The van der Waals surface area contributed by atoms with Gasteiger partial charge in [-0.25, -0.2) is 4.79 Å². The van der Waals surface area contributed by atoms with Crippen LogP contribution in [0, 0.1) is 21.4 Å². The van der Waals surface area contributed by atoms with E-state index < -0.39 is 10.9 Å². The molecule has 0 heterocycles. The molecule has 0 saturated carbocycles. The molecular formula is C12H11N3O4. The summed E-state index contributed by atoms with van der Waals surface area (Å²) in [7, 11) is 0. The smallest absolute Gasteiger partial charge is 0.350 e. The number of nitro benzene ring substituents is 1. The Hall–Kier alpha value is -2.88. The van der Waals surface area contributed by atoms with Crippen molar-refractivity contribution < 1.29 is 14.5 Å². The van der Waals surface area contributed by atoms with Crippen LogP contribution in [0.2, 0.25) is 0 Å². The van der Waals surface area contributed by atoms with Crippen molar-refractivity contribution in [3.8, 4) is 6.07 Å². The van der Waals surface area contributed by atoms with Crippen LogP contribution in [0.1, 0.15) is 6.92 Å². The minimum Gasteiger partial charge on any atom is -0.462 e. The zero-order valence-corrected chi connectivity index (χ0v) is 10.1. The van der Waals surface area contributed by atoms with Gasteiger partial charge >= 0.3 is 5.97 Å². The minimum absolute atomic E-state index is 0.0413. The van der Waals surface area contributed by atoms with E-state index in [0.717, 1.165) is 0 Å². The lowest BCUT2D eigenvalue weighted by Crippen LogP contribution is -2.07. The van der Waals surface area contributed by atoms with Crippen LogP contribution >= 0.6 is 0 Å². The van der Waals surface area contributed by atoms with Crippen molar-refractivity contribution in [2.75, 3.05) is 11.9 Å². The lowest BCUT2D eigenvalue weighted by molar-refractivity contribution is -0.384. The molecular weight excluding hydrogens is 250 g/mol. The van der Waals surface area contributed by atoms with Gasteiger partial charge in [-0.05, 0) is 19.1 Å². The standard InChI is InChI=1S/C12H11N3O4/c1-2-19-12(16)9(7-13)8-14-10-3-5-11(6-4-10)15(17)18/h3-6,8,14H,2H2,1H3/b9-8+. The van der Waals surface area contributed by atoms with E-state index in [1.807, 2.05) is 0 Å². The van der Waals surface area contributed by atoms with E-state index in [1.165, 1.54) is 30.5 Å². The first-order valence-electron chi connectivity index (χ1n) is 5.37. The van der Waals surface area contributed by atoms with Crippen molar-refractivity contribution in [1.82, 2.24) is 0 Å². The molecule has 1 aromatic carbocycles. The SMILES string of the molecule is CCOC(=O)/C(C#N)=C/Nc1ccc([N+](=O)[O-])cc1. The molecule has 0 bridgehead atoms. The number of hydrogen-bond donors (Lipinski definition) is 1. The number of carbonyl (C=O) groups is 1. The molecule has 0 amide bonds. The number of rotatable bonds is 5. The van der Waals surface area contributed by atoms with Crippen LogP contribution in [0.25, 0.3) is 0 Å². The lowest BCUT2D eigenvalue weighted by atomic mass is 10.2. The fourth-order valence-electron chi connectivity index (χ4n) is 1.18. The molecule has 0 unspecified atom stereocenters. The number of esters is 1. The van der Waals surface area contributed by atoms with E-state index in [2.05, 4.69) is 10.1 Å². The highest BCUT2D eigenvalue weighted by molar-refractivity contribution is 5.93. The van der Waals surface area contributed by atoms with Crippen molar-refractivity contribution in [2.24, 2.45) is 0 Å². The number of carbonyl (C=O) groups excluding carboxylic acids is 1. The van der Waals surface area contributed by atoms with Gasteiger partial charge in [0.25, 0.3) is 5.69 Å². The van der Waals surface area contributed by atoms with Crippen LogP contribution in [-0.4, -0.2) is 17.5 Å². The summed E-state index contributed by atoms with van der Waals surface area (Å²) in [5.41, 5.74) is 0.295. The molecule has 7 nitrogen and oxygen atoms in total. The predicted octanol–water partition coefficient (Wildman–Crippen LogP) is 1.98. The van der Waals surface area contributed by atoms with E-state index in [4.69, 9.17) is 5.26 Å². The molecule has 0 spiro atoms. The van der Waals surface area contributed by atoms with Gasteiger partial charge in [-0.3, -0.25) is 10.1 Å². The van der Waals surface area contributed by atoms with E-state index >= 15 is 0 Å². The number of nitriles is 1. The summed E-state index contributed by atoms with van der Waals surface area (Å²) in [6, 6.07) is 7.26. The predicted molar refractivity (Wildman–Crippen MR) is 67.0 cm³/mol. The number of ether oxygens (including phenoxy) is 1. The van der Waals surface area contributed by atoms with Crippen LogP contribution in [0.5, 0.6) is 0 Å². The van der Waals surface area contributed by atoms with Gasteiger partial charge < -0.3 is 10.1 Å². The van der Waals surface area contributed by atoms with Gasteiger partial charge in [-0.1, -0.05) is 0 Å². The maximum Gasteiger partial charge on any atom is 0.350 e. The fraction of sp³-hybridized carbons (Fsp3) is 0.167. The maximum atomic E-state index is 11.3. The molecule has 0 aliphatic rings. The third-order valence-electron chi connectivity index (χ3n) is 2.08. The first-order chi connectivity index (χ1) is 9.08. The van der Waals surface area contributed by atoms with Gasteiger partial charge in [0, 0.05) is 24.0 Å². The third-order valence-corrected chi connectivity index (χ3v) is 2.08. The van der Waals surface area contributed by atoms with E-state index in [-0.39, 0.29) is 17.9 Å². The van der Waals surface area contributed by atoms with Gasteiger partial charge in [0.2, 0.25) is 0 Å². The summed E-state index contributed by atoms with van der Waals surface area (Å²) in [4.78, 5) is 21.2. The number of non-ortho nitro benzene ring substituents is 1. The lowest BCUT2D eigenvalue weighted by Gasteiger charge is -2.02. The second-order valence-corrected chi connectivity index (χ2v) is 3.34. The van der Waals surface area contributed by atoms with Crippen molar-refractivity contribution >= 4 is 17.3 Å². The largest absolute Gasteiger partial charge is 0.462 e. The molecule has 1 rings (SSSR count). The number of nitro groups is 1. The van der Waals surface area contributed by atoms with E-state index in [1.54, 1.807) is 13.0 Å². The highest BCUT2D eigenvalue weighted by Crippen LogP contribution is 2.15. The summed E-state index contributed by atoms with van der Waals surface area (Å²) in [5.74, 6) is -0.723. The van der Waals surface area contributed by atoms with Gasteiger partial charge in [-0.2, -0.15) is 5.26 Å². The Balaban J connectivity index is 2.76. The monoisotopic (exact) mass is 261 g/mol. The molecule has 0 atom stereocenters. The Morgan fingerprint density at radius 3 is 2.63 bits per heavy atom. The zero-order valence-electron chi connectivity index (χ0n) is 10.1. The van der Waals surface area contributed by atoms with E-state index in [9.17, 15) is 14.9 Å².